The third kappa shape index (κ3) is 2.51. The predicted molar refractivity (Wildman–Crippen MR) is 61.6 cm³/mol. The van der Waals surface area contributed by atoms with E-state index in [9.17, 15) is 0 Å². The van der Waals surface area contributed by atoms with Crippen molar-refractivity contribution in [2.45, 2.75) is 6.61 Å². The minimum Gasteiger partial charge on any atom is -0.483 e. The van der Waals surface area contributed by atoms with E-state index in [4.69, 9.17) is 13.6 Å². The van der Waals surface area contributed by atoms with Gasteiger partial charge in [0.1, 0.15) is 6.61 Å². The Balaban J connectivity index is 2.08. The highest BCUT2D eigenvalue weighted by atomic mass is 16.5. The Labute approximate surface area is 98.9 Å². The van der Waals surface area contributed by atoms with E-state index in [2.05, 4.69) is 4.98 Å². The van der Waals surface area contributed by atoms with Crippen LogP contribution in [0.1, 0.15) is 9.68 Å². The summed E-state index contributed by atoms with van der Waals surface area (Å²) < 4.78 is 31.6. The highest BCUT2D eigenvalue weighted by Crippen LogP contribution is 2.23. The lowest BCUT2D eigenvalue weighted by Gasteiger charge is -2.08. The summed E-state index contributed by atoms with van der Waals surface area (Å²) in [6, 6.07) is 12.8. The monoisotopic (exact) mass is 218 g/mol. The van der Waals surface area contributed by atoms with Crippen molar-refractivity contribution >= 4 is 0 Å². The van der Waals surface area contributed by atoms with Gasteiger partial charge in [-0.05, 0) is 17.7 Å². The zero-order chi connectivity index (χ0) is 13.7. The lowest BCUT2D eigenvalue weighted by molar-refractivity contribution is 0.279. The van der Waals surface area contributed by atoms with E-state index in [-0.39, 0.29) is 5.88 Å². The van der Waals surface area contributed by atoms with Crippen LogP contribution in [0, 0.1) is 0 Å². The van der Waals surface area contributed by atoms with Crippen LogP contribution in [0.25, 0.3) is 0 Å². The minimum absolute atomic E-state index is 0.0292. The van der Waals surface area contributed by atoms with Gasteiger partial charge in [0.25, 0.3) is 5.88 Å². The molecule has 0 atom stereocenters. The van der Waals surface area contributed by atoms with E-state index in [0.29, 0.717) is 12.4 Å². The third-order valence-corrected chi connectivity index (χ3v) is 2.07. The van der Waals surface area contributed by atoms with E-state index in [0.717, 1.165) is 5.56 Å². The van der Waals surface area contributed by atoms with Crippen LogP contribution in [0.15, 0.2) is 48.7 Å². The van der Waals surface area contributed by atoms with E-state index < -0.39 is 7.04 Å². The molecule has 3 nitrogen and oxygen atoms in total. The topological polar surface area (TPSA) is 31.4 Å². The molecule has 0 aliphatic carbocycles. The average molecular weight is 218 g/mol. The number of aromatic nitrogens is 1. The SMILES string of the molecule is [2H]C([2H])([2H])Oc1ncccc1OCc1ccccc1. The van der Waals surface area contributed by atoms with Gasteiger partial charge in [0.05, 0.1) is 11.2 Å². The summed E-state index contributed by atoms with van der Waals surface area (Å²) in [4.78, 5) is 3.87. The summed E-state index contributed by atoms with van der Waals surface area (Å²) in [5, 5.41) is 0. The Morgan fingerprint density at radius 3 is 2.88 bits per heavy atom. The molecule has 2 aromatic rings. The van der Waals surface area contributed by atoms with Crippen LogP contribution in [0.2, 0.25) is 0 Å². The summed E-state index contributed by atoms with van der Waals surface area (Å²) in [6.45, 7) is 0.323. The van der Waals surface area contributed by atoms with Crippen molar-refractivity contribution in [1.82, 2.24) is 4.98 Å². The fraction of sp³-hybridized carbons (Fsp3) is 0.154. The zero-order valence-electron chi connectivity index (χ0n) is 11.6. The minimum atomic E-state index is -2.54. The summed E-state index contributed by atoms with van der Waals surface area (Å²) in [6.07, 6.45) is 1.45. The molecule has 16 heavy (non-hydrogen) atoms. The van der Waals surface area contributed by atoms with E-state index in [1.807, 2.05) is 30.3 Å². The number of nitrogens with zero attached hydrogens (tertiary/aromatic N) is 1. The van der Waals surface area contributed by atoms with Crippen LogP contribution < -0.4 is 9.47 Å². The van der Waals surface area contributed by atoms with Gasteiger partial charge in [-0.25, -0.2) is 4.98 Å². The molecule has 0 N–H and O–H groups in total. The molecule has 0 aliphatic heterocycles. The molecule has 0 radical (unpaired) electrons. The number of hydrogen-bond acceptors (Lipinski definition) is 3. The number of benzene rings is 1. The Hall–Kier alpha value is -2.03. The van der Waals surface area contributed by atoms with Gasteiger partial charge in [0.2, 0.25) is 0 Å². The highest BCUT2D eigenvalue weighted by molar-refractivity contribution is 5.32. The molecule has 3 heteroatoms. The highest BCUT2D eigenvalue weighted by Gasteiger charge is 2.03. The lowest BCUT2D eigenvalue weighted by Crippen LogP contribution is -1.98. The molecule has 82 valence electrons. The van der Waals surface area contributed by atoms with Crippen LogP contribution in [-0.2, 0) is 6.61 Å². The summed E-state index contributed by atoms with van der Waals surface area (Å²) in [7, 11) is -2.54. The third-order valence-electron chi connectivity index (χ3n) is 2.07. The maximum atomic E-state index is 7.08. The van der Waals surface area contributed by atoms with Crippen LogP contribution in [0.3, 0.4) is 0 Å². The van der Waals surface area contributed by atoms with Gasteiger partial charge in [0, 0.05) is 6.20 Å². The van der Waals surface area contributed by atoms with Gasteiger partial charge in [0.15, 0.2) is 5.75 Å². The van der Waals surface area contributed by atoms with E-state index in [1.54, 1.807) is 12.1 Å². The molecule has 0 fully saturated rings. The largest absolute Gasteiger partial charge is 0.483 e. The fourth-order valence-corrected chi connectivity index (χ4v) is 1.30. The first kappa shape index (κ1) is 7.28. The smallest absolute Gasteiger partial charge is 0.256 e. The van der Waals surface area contributed by atoms with Gasteiger partial charge in [-0.2, -0.15) is 0 Å². The van der Waals surface area contributed by atoms with Crippen molar-refractivity contribution < 1.29 is 13.6 Å². The second-order valence-electron chi connectivity index (χ2n) is 3.18. The first-order chi connectivity index (χ1) is 9.04. The van der Waals surface area contributed by atoms with Crippen molar-refractivity contribution in [2.24, 2.45) is 0 Å². The van der Waals surface area contributed by atoms with Crippen LogP contribution in [0.4, 0.5) is 0 Å². The first-order valence-corrected chi connectivity index (χ1v) is 4.85. The maximum Gasteiger partial charge on any atom is 0.256 e. The molecular formula is C13H13NO2. The van der Waals surface area contributed by atoms with E-state index in [1.165, 1.54) is 6.20 Å². The van der Waals surface area contributed by atoms with Gasteiger partial charge < -0.3 is 9.47 Å². The summed E-state index contributed by atoms with van der Waals surface area (Å²) >= 11 is 0. The van der Waals surface area contributed by atoms with Crippen molar-refractivity contribution in [3.8, 4) is 11.6 Å². The number of rotatable bonds is 4. The Morgan fingerprint density at radius 1 is 1.19 bits per heavy atom. The lowest BCUT2D eigenvalue weighted by atomic mass is 10.2. The second-order valence-corrected chi connectivity index (χ2v) is 3.18. The predicted octanol–water partition coefficient (Wildman–Crippen LogP) is 2.67. The molecule has 0 unspecified atom stereocenters. The molecule has 0 aliphatic rings. The first-order valence-electron chi connectivity index (χ1n) is 6.35. The molecule has 1 heterocycles. The Kier molecular flexibility index (Phi) is 2.35. The number of hydrogen-bond donors (Lipinski definition) is 0. The summed E-state index contributed by atoms with van der Waals surface area (Å²) in [5.74, 6) is 0.279. The van der Waals surface area contributed by atoms with Crippen LogP contribution in [-0.4, -0.2) is 12.0 Å². The average Bonchev–Trinajstić information content (AvgIpc) is 2.37. The van der Waals surface area contributed by atoms with Crippen LogP contribution >= 0.6 is 0 Å². The quantitative estimate of drug-likeness (QED) is 0.790. The molecule has 0 saturated carbocycles. The van der Waals surface area contributed by atoms with Gasteiger partial charge in [-0.1, -0.05) is 30.3 Å². The molecule has 0 amide bonds. The van der Waals surface area contributed by atoms with Crippen molar-refractivity contribution in [3.05, 3.63) is 54.2 Å². The van der Waals surface area contributed by atoms with E-state index >= 15 is 0 Å². The maximum absolute atomic E-state index is 7.08. The Morgan fingerprint density at radius 2 is 2.06 bits per heavy atom. The number of pyridine rings is 1. The van der Waals surface area contributed by atoms with Crippen LogP contribution in [0.5, 0.6) is 11.6 Å². The number of ether oxygens (including phenoxy) is 2. The molecule has 0 saturated heterocycles. The number of methoxy groups -OCH3 is 1. The van der Waals surface area contributed by atoms with Gasteiger partial charge in [-0.15, -0.1) is 0 Å². The second kappa shape index (κ2) is 5.16. The van der Waals surface area contributed by atoms with Gasteiger partial charge in [-0.3, -0.25) is 0 Å². The normalized spacial score (nSPS) is 13.4. The van der Waals surface area contributed by atoms with Crippen molar-refractivity contribution in [1.29, 1.82) is 0 Å². The molecule has 1 aromatic heterocycles. The van der Waals surface area contributed by atoms with Gasteiger partial charge >= 0.3 is 0 Å². The fourth-order valence-electron chi connectivity index (χ4n) is 1.30. The molecule has 2 rings (SSSR count). The Bertz CT molecular complexity index is 529. The molecular weight excluding hydrogens is 202 g/mol. The standard InChI is InChI=1S/C13H13NO2/c1-15-13-12(8-5-9-14-13)16-10-11-6-3-2-4-7-11/h2-9H,10H2,1H3/i1D3. The van der Waals surface area contributed by atoms with Crippen molar-refractivity contribution in [3.63, 3.8) is 0 Å². The zero-order valence-corrected chi connectivity index (χ0v) is 8.59. The molecule has 1 aromatic carbocycles. The van der Waals surface area contributed by atoms with Crippen molar-refractivity contribution in [2.75, 3.05) is 7.04 Å². The summed E-state index contributed by atoms with van der Waals surface area (Å²) in [5.41, 5.74) is 0.978. The molecule has 0 bridgehead atoms. The molecule has 0 spiro atoms.